The molecule has 23 heavy (non-hydrogen) atoms. The average molecular weight is 320 g/mol. The van der Waals surface area contributed by atoms with Gasteiger partial charge in [-0.3, -0.25) is 4.79 Å². The number of benzene rings is 2. The first kappa shape index (κ1) is 14.8. The maximum absolute atomic E-state index is 12.0. The number of rotatable bonds is 4. The molecule has 4 nitrogen and oxygen atoms in total. The highest BCUT2D eigenvalue weighted by Gasteiger charge is 2.06. The van der Waals surface area contributed by atoms with Crippen LogP contribution < -0.4 is 10.1 Å². The zero-order chi connectivity index (χ0) is 16.1. The lowest BCUT2D eigenvalue weighted by Crippen LogP contribution is -2.09. The second-order valence-electron chi connectivity index (χ2n) is 4.69. The molecule has 0 aliphatic heterocycles. The van der Waals surface area contributed by atoms with Crippen LogP contribution in [0.3, 0.4) is 0 Å². The lowest BCUT2D eigenvalue weighted by molar-refractivity contribution is 0.103. The fourth-order valence-corrected chi connectivity index (χ4v) is 2.56. The van der Waals surface area contributed by atoms with Crippen LogP contribution in [-0.2, 0) is 0 Å². The van der Waals surface area contributed by atoms with Gasteiger partial charge in [0.1, 0.15) is 11.5 Å². The van der Waals surface area contributed by atoms with Crippen molar-refractivity contribution in [2.75, 3.05) is 5.32 Å². The molecule has 1 aromatic heterocycles. The van der Waals surface area contributed by atoms with Crippen LogP contribution in [0.15, 0.2) is 66.0 Å². The monoisotopic (exact) mass is 320 g/mol. The van der Waals surface area contributed by atoms with Crippen molar-refractivity contribution in [1.82, 2.24) is 0 Å². The zero-order valence-electron chi connectivity index (χ0n) is 12.0. The van der Waals surface area contributed by atoms with E-state index in [2.05, 4.69) is 11.4 Å². The van der Waals surface area contributed by atoms with Gasteiger partial charge >= 0.3 is 0 Å². The van der Waals surface area contributed by atoms with Crippen LogP contribution >= 0.6 is 11.3 Å². The minimum Gasteiger partial charge on any atom is -0.457 e. The molecule has 1 N–H and O–H groups in total. The third-order valence-corrected chi connectivity index (χ3v) is 3.94. The lowest BCUT2D eigenvalue weighted by atomic mass is 10.2. The molecule has 0 spiro atoms. The molecule has 0 saturated carbocycles. The zero-order valence-corrected chi connectivity index (χ0v) is 12.8. The second kappa shape index (κ2) is 6.77. The molecule has 0 radical (unpaired) electrons. The van der Waals surface area contributed by atoms with Gasteiger partial charge in [0.15, 0.2) is 0 Å². The van der Waals surface area contributed by atoms with Gasteiger partial charge in [0.25, 0.3) is 5.91 Å². The Morgan fingerprint density at radius 3 is 2.22 bits per heavy atom. The maximum atomic E-state index is 12.0. The van der Waals surface area contributed by atoms with Crippen molar-refractivity contribution in [3.05, 3.63) is 76.5 Å². The molecule has 2 aromatic carbocycles. The number of hydrogen-bond donors (Lipinski definition) is 1. The van der Waals surface area contributed by atoms with Crippen molar-refractivity contribution >= 4 is 22.9 Å². The maximum Gasteiger partial charge on any atom is 0.265 e. The van der Waals surface area contributed by atoms with Gasteiger partial charge in [0.05, 0.1) is 16.5 Å². The van der Waals surface area contributed by atoms with Crippen molar-refractivity contribution in [3.63, 3.8) is 0 Å². The Morgan fingerprint density at radius 2 is 1.65 bits per heavy atom. The molecule has 0 saturated heterocycles. The van der Waals surface area contributed by atoms with Gasteiger partial charge in [0.2, 0.25) is 0 Å². The summed E-state index contributed by atoms with van der Waals surface area (Å²) >= 11 is 1.40. The molecule has 0 fully saturated rings. The van der Waals surface area contributed by atoms with E-state index in [1.807, 2.05) is 11.4 Å². The molecular weight excluding hydrogens is 308 g/mol. The van der Waals surface area contributed by atoms with Crippen LogP contribution in [0.5, 0.6) is 11.5 Å². The summed E-state index contributed by atoms with van der Waals surface area (Å²) in [4.78, 5) is 12.6. The molecule has 3 aromatic rings. The van der Waals surface area contributed by atoms with E-state index in [0.717, 1.165) is 0 Å². The van der Waals surface area contributed by atoms with Crippen LogP contribution in [0.2, 0.25) is 0 Å². The van der Waals surface area contributed by atoms with Gasteiger partial charge < -0.3 is 10.1 Å². The van der Waals surface area contributed by atoms with E-state index >= 15 is 0 Å². The number of nitrogens with zero attached hydrogens (tertiary/aromatic N) is 1. The number of nitriles is 1. The van der Waals surface area contributed by atoms with Crippen molar-refractivity contribution < 1.29 is 9.53 Å². The Labute approximate surface area is 137 Å². The lowest BCUT2D eigenvalue weighted by Gasteiger charge is -2.07. The van der Waals surface area contributed by atoms with E-state index in [9.17, 15) is 4.79 Å². The van der Waals surface area contributed by atoms with Gasteiger partial charge in [-0.2, -0.15) is 5.26 Å². The first-order valence-corrected chi connectivity index (χ1v) is 7.75. The normalized spacial score (nSPS) is 9.87. The van der Waals surface area contributed by atoms with Crippen LogP contribution in [0.25, 0.3) is 0 Å². The number of nitrogens with one attached hydrogen (secondary N) is 1. The van der Waals surface area contributed by atoms with E-state index in [4.69, 9.17) is 10.00 Å². The molecule has 0 atom stereocenters. The van der Waals surface area contributed by atoms with E-state index in [1.165, 1.54) is 11.3 Å². The van der Waals surface area contributed by atoms with Gasteiger partial charge in [-0.05, 0) is 60.0 Å². The minimum absolute atomic E-state index is 0.124. The number of anilines is 1. The minimum atomic E-state index is -0.124. The molecule has 0 aliphatic rings. The molecule has 1 amide bonds. The molecule has 1 heterocycles. The topological polar surface area (TPSA) is 62.1 Å². The summed E-state index contributed by atoms with van der Waals surface area (Å²) in [7, 11) is 0. The van der Waals surface area contributed by atoms with Crippen LogP contribution in [0, 0.1) is 11.3 Å². The average Bonchev–Trinajstić information content (AvgIpc) is 3.12. The summed E-state index contributed by atoms with van der Waals surface area (Å²) in [5.41, 5.74) is 1.29. The number of thiophene rings is 1. The number of ether oxygens (including phenoxy) is 1. The molecule has 112 valence electrons. The predicted molar refractivity (Wildman–Crippen MR) is 89.9 cm³/mol. The highest BCUT2D eigenvalue weighted by atomic mass is 32.1. The molecule has 3 rings (SSSR count). The summed E-state index contributed by atoms with van der Waals surface area (Å²) < 4.78 is 5.69. The van der Waals surface area contributed by atoms with E-state index in [1.54, 1.807) is 54.6 Å². The Bertz CT molecular complexity index is 832. The fourth-order valence-electron chi connectivity index (χ4n) is 1.94. The van der Waals surface area contributed by atoms with Gasteiger partial charge in [-0.1, -0.05) is 6.07 Å². The predicted octanol–water partition coefficient (Wildman–Crippen LogP) is 4.66. The molecule has 0 unspecified atom stereocenters. The van der Waals surface area contributed by atoms with Crippen LogP contribution in [0.1, 0.15) is 15.2 Å². The number of carbonyl (C=O) groups excluding carboxylic acids is 1. The Balaban J connectivity index is 1.64. The van der Waals surface area contributed by atoms with Crippen LogP contribution in [0.4, 0.5) is 5.69 Å². The first-order chi connectivity index (χ1) is 11.2. The van der Waals surface area contributed by atoms with Crippen molar-refractivity contribution in [3.8, 4) is 17.6 Å². The van der Waals surface area contributed by atoms with Gasteiger partial charge in [0, 0.05) is 5.69 Å². The van der Waals surface area contributed by atoms with E-state index in [-0.39, 0.29) is 5.91 Å². The van der Waals surface area contributed by atoms with E-state index < -0.39 is 0 Å². The largest absolute Gasteiger partial charge is 0.457 e. The molecule has 5 heteroatoms. The molecule has 0 aliphatic carbocycles. The highest BCUT2D eigenvalue weighted by Crippen LogP contribution is 2.23. The smallest absolute Gasteiger partial charge is 0.265 e. The first-order valence-electron chi connectivity index (χ1n) is 6.87. The number of amides is 1. The second-order valence-corrected chi connectivity index (χ2v) is 5.64. The third kappa shape index (κ3) is 3.76. The quantitative estimate of drug-likeness (QED) is 0.760. The number of hydrogen-bond acceptors (Lipinski definition) is 4. The van der Waals surface area contributed by atoms with Crippen molar-refractivity contribution in [2.24, 2.45) is 0 Å². The Kier molecular flexibility index (Phi) is 4.37. The highest BCUT2D eigenvalue weighted by molar-refractivity contribution is 7.12. The summed E-state index contributed by atoms with van der Waals surface area (Å²) in [6, 6.07) is 19.7. The summed E-state index contributed by atoms with van der Waals surface area (Å²) in [6.07, 6.45) is 0. The molecule has 0 bridgehead atoms. The third-order valence-electron chi connectivity index (χ3n) is 3.08. The summed E-state index contributed by atoms with van der Waals surface area (Å²) in [5, 5.41) is 13.5. The molecular formula is C18H12N2O2S. The van der Waals surface area contributed by atoms with E-state index in [0.29, 0.717) is 27.6 Å². The Morgan fingerprint density at radius 1 is 1.00 bits per heavy atom. The standard InChI is InChI=1S/C18H12N2O2S/c19-12-13-3-7-15(8-4-13)22-16-9-5-14(6-10-16)20-18(21)17-2-1-11-23-17/h1-11H,(H,20,21). The Hall–Kier alpha value is -3.10. The fraction of sp³-hybridized carbons (Fsp3) is 0. The van der Waals surface area contributed by atoms with Crippen molar-refractivity contribution in [2.45, 2.75) is 0 Å². The van der Waals surface area contributed by atoms with Gasteiger partial charge in [-0.25, -0.2) is 0 Å². The van der Waals surface area contributed by atoms with Crippen molar-refractivity contribution in [1.29, 1.82) is 5.26 Å². The summed E-state index contributed by atoms with van der Waals surface area (Å²) in [5.74, 6) is 1.18. The summed E-state index contributed by atoms with van der Waals surface area (Å²) in [6.45, 7) is 0. The SMILES string of the molecule is N#Cc1ccc(Oc2ccc(NC(=O)c3cccs3)cc2)cc1. The van der Waals surface area contributed by atoms with Crippen LogP contribution in [-0.4, -0.2) is 5.91 Å². The number of carbonyl (C=O) groups is 1. The van der Waals surface area contributed by atoms with Gasteiger partial charge in [-0.15, -0.1) is 11.3 Å².